The second kappa shape index (κ2) is 11.8. The number of piperidine rings is 3. The van der Waals surface area contributed by atoms with Gasteiger partial charge in [0, 0.05) is 64.3 Å². The Morgan fingerprint density at radius 2 is 1.77 bits per heavy atom. The molecule has 0 N–H and O–H groups in total. The molecule has 0 aliphatic carbocycles. The van der Waals surface area contributed by atoms with Crippen LogP contribution in [0.25, 0.3) is 10.9 Å². The smallest absolute Gasteiger partial charge is 0.305 e. The molecule has 1 aromatic heterocycles. The lowest BCUT2D eigenvalue weighted by Gasteiger charge is -2.57. The molecule has 4 atom stereocenters. The highest BCUT2D eigenvalue weighted by molar-refractivity contribution is 6.36. The monoisotopic (exact) mass is 567 g/mol. The highest BCUT2D eigenvalue weighted by Gasteiger charge is 2.48. The zero-order chi connectivity index (χ0) is 26.9. The fourth-order valence-corrected chi connectivity index (χ4v) is 8.39. The van der Waals surface area contributed by atoms with Gasteiger partial charge in [-0.15, -0.1) is 0 Å². The zero-order valence-corrected chi connectivity index (χ0v) is 24.3. The third-order valence-electron chi connectivity index (χ3n) is 9.52. The van der Waals surface area contributed by atoms with Crippen LogP contribution in [0, 0.1) is 11.8 Å². The first-order valence-corrected chi connectivity index (χ1v) is 15.3. The number of esters is 1. The summed E-state index contributed by atoms with van der Waals surface area (Å²) >= 11 is 13.1. The fraction of sp³-hybridized carbons (Fsp3) is 0.531. The van der Waals surface area contributed by atoms with Crippen LogP contribution < -0.4 is 0 Å². The average molecular weight is 569 g/mol. The Morgan fingerprint density at radius 3 is 2.56 bits per heavy atom. The number of fused-ring (bicyclic) bond motifs is 1. The SMILES string of the molecule is COC(=O)CCC[C@@H]1[C@H]2CCCN3CCC[C@H](CN1Cc1cn(Cc4c(Cl)cccc4Cl)c4ccccc14)[C@@H]23. The number of methoxy groups -OCH3 is 1. The van der Waals surface area contributed by atoms with Crippen LogP contribution in [-0.4, -0.2) is 59.2 Å². The summed E-state index contributed by atoms with van der Waals surface area (Å²) < 4.78 is 7.27. The molecular weight excluding hydrogens is 529 g/mol. The van der Waals surface area contributed by atoms with Crippen LogP contribution in [0.1, 0.15) is 56.1 Å². The lowest BCUT2D eigenvalue weighted by Crippen LogP contribution is -2.64. The molecule has 0 bridgehead atoms. The van der Waals surface area contributed by atoms with Crippen molar-refractivity contribution in [2.45, 2.75) is 70.1 Å². The lowest BCUT2D eigenvalue weighted by atomic mass is 9.69. The van der Waals surface area contributed by atoms with Crippen LogP contribution in [0.15, 0.2) is 48.7 Å². The summed E-state index contributed by atoms with van der Waals surface area (Å²) in [5.41, 5.74) is 3.52. The second-order valence-corrected chi connectivity index (χ2v) is 12.5. The first-order chi connectivity index (χ1) is 19.0. The maximum absolute atomic E-state index is 11.9. The van der Waals surface area contributed by atoms with Crippen molar-refractivity contribution in [1.29, 1.82) is 0 Å². The number of carbonyl (C=O) groups excluding carboxylic acids is 1. The number of nitrogens with zero attached hydrogens (tertiary/aromatic N) is 3. The van der Waals surface area contributed by atoms with Crippen LogP contribution in [0.3, 0.4) is 0 Å². The molecule has 6 rings (SSSR count). The highest BCUT2D eigenvalue weighted by atomic mass is 35.5. The summed E-state index contributed by atoms with van der Waals surface area (Å²) in [5, 5.41) is 2.70. The molecule has 3 fully saturated rings. The number of rotatable bonds is 8. The summed E-state index contributed by atoms with van der Waals surface area (Å²) in [7, 11) is 1.49. The Labute approximate surface area is 242 Å². The molecule has 3 aliphatic rings. The average Bonchev–Trinajstić information content (AvgIpc) is 3.29. The number of halogens is 2. The summed E-state index contributed by atoms with van der Waals surface area (Å²) in [6.07, 6.45) is 9.97. The number of hydrogen-bond donors (Lipinski definition) is 0. The molecular formula is C32H39Cl2N3O2. The Kier molecular flexibility index (Phi) is 8.22. The fourth-order valence-electron chi connectivity index (χ4n) is 7.87. The molecule has 0 amide bonds. The molecule has 3 saturated heterocycles. The van der Waals surface area contributed by atoms with E-state index in [0.29, 0.717) is 41.0 Å². The summed E-state index contributed by atoms with van der Waals surface area (Å²) in [5.74, 6) is 1.31. The number of hydrogen-bond acceptors (Lipinski definition) is 4. The third kappa shape index (κ3) is 5.48. The van der Waals surface area contributed by atoms with E-state index in [1.54, 1.807) is 0 Å². The molecule has 0 radical (unpaired) electrons. The van der Waals surface area contributed by atoms with Crippen molar-refractivity contribution in [2.24, 2.45) is 11.8 Å². The van der Waals surface area contributed by atoms with Gasteiger partial charge in [-0.25, -0.2) is 0 Å². The Balaban J connectivity index is 1.31. The summed E-state index contributed by atoms with van der Waals surface area (Å²) in [6.45, 7) is 5.21. The number of para-hydroxylation sites is 1. The Bertz CT molecular complexity index is 1300. The summed E-state index contributed by atoms with van der Waals surface area (Å²) in [6, 6.07) is 15.6. The van der Waals surface area contributed by atoms with Crippen LogP contribution >= 0.6 is 23.2 Å². The van der Waals surface area contributed by atoms with E-state index in [2.05, 4.69) is 44.8 Å². The minimum Gasteiger partial charge on any atom is -0.469 e. The van der Waals surface area contributed by atoms with E-state index in [1.807, 2.05) is 18.2 Å². The van der Waals surface area contributed by atoms with E-state index in [1.165, 1.54) is 62.3 Å². The predicted octanol–water partition coefficient (Wildman–Crippen LogP) is 7.01. The van der Waals surface area contributed by atoms with Gasteiger partial charge in [0.1, 0.15) is 0 Å². The quantitative estimate of drug-likeness (QED) is 0.274. The molecule has 0 unspecified atom stereocenters. The number of benzene rings is 2. The van der Waals surface area contributed by atoms with Gasteiger partial charge in [0.15, 0.2) is 0 Å². The number of ether oxygens (including phenoxy) is 1. The lowest BCUT2D eigenvalue weighted by molar-refractivity contribution is -0.141. The van der Waals surface area contributed by atoms with E-state index >= 15 is 0 Å². The van der Waals surface area contributed by atoms with Crippen molar-refractivity contribution in [2.75, 3.05) is 26.7 Å². The molecule has 5 nitrogen and oxygen atoms in total. The maximum Gasteiger partial charge on any atom is 0.305 e. The van der Waals surface area contributed by atoms with Crippen LogP contribution in [0.5, 0.6) is 0 Å². The largest absolute Gasteiger partial charge is 0.469 e. The van der Waals surface area contributed by atoms with Crippen molar-refractivity contribution >= 4 is 40.1 Å². The maximum atomic E-state index is 11.9. The van der Waals surface area contributed by atoms with Crippen LogP contribution in [-0.2, 0) is 22.6 Å². The van der Waals surface area contributed by atoms with Crippen LogP contribution in [0.2, 0.25) is 10.0 Å². The second-order valence-electron chi connectivity index (χ2n) is 11.7. The van der Waals surface area contributed by atoms with E-state index in [9.17, 15) is 4.79 Å². The van der Waals surface area contributed by atoms with Gasteiger partial charge in [0.25, 0.3) is 0 Å². The van der Waals surface area contributed by atoms with Gasteiger partial charge >= 0.3 is 5.97 Å². The molecule has 3 aliphatic heterocycles. The number of carbonyl (C=O) groups is 1. The van der Waals surface area contributed by atoms with Crippen molar-refractivity contribution in [3.8, 4) is 0 Å². The predicted molar refractivity (Wildman–Crippen MR) is 158 cm³/mol. The van der Waals surface area contributed by atoms with Gasteiger partial charge in [0.2, 0.25) is 0 Å². The molecule has 2 aromatic carbocycles. The van der Waals surface area contributed by atoms with E-state index in [0.717, 1.165) is 37.4 Å². The minimum atomic E-state index is -0.0977. The first kappa shape index (κ1) is 27.1. The summed E-state index contributed by atoms with van der Waals surface area (Å²) in [4.78, 5) is 17.5. The van der Waals surface area contributed by atoms with Gasteiger partial charge < -0.3 is 9.30 Å². The van der Waals surface area contributed by atoms with Gasteiger partial charge in [-0.3, -0.25) is 14.6 Å². The molecule has 39 heavy (non-hydrogen) atoms. The van der Waals surface area contributed by atoms with Gasteiger partial charge in [-0.1, -0.05) is 47.5 Å². The molecule has 4 heterocycles. The topological polar surface area (TPSA) is 37.7 Å². The van der Waals surface area contributed by atoms with Crippen molar-refractivity contribution < 1.29 is 9.53 Å². The highest BCUT2D eigenvalue weighted by Crippen LogP contribution is 2.44. The van der Waals surface area contributed by atoms with E-state index < -0.39 is 0 Å². The Hall–Kier alpha value is -2.05. The zero-order valence-electron chi connectivity index (χ0n) is 22.8. The normalized spacial score (nSPS) is 25.5. The molecule has 0 saturated carbocycles. The third-order valence-corrected chi connectivity index (χ3v) is 10.2. The molecule has 0 spiro atoms. The van der Waals surface area contributed by atoms with Crippen molar-refractivity contribution in [3.05, 3.63) is 69.8 Å². The van der Waals surface area contributed by atoms with Crippen molar-refractivity contribution in [3.63, 3.8) is 0 Å². The van der Waals surface area contributed by atoms with Gasteiger partial charge in [0.05, 0.1) is 13.7 Å². The van der Waals surface area contributed by atoms with Gasteiger partial charge in [-0.05, 0) is 87.2 Å². The number of aromatic nitrogens is 1. The van der Waals surface area contributed by atoms with Crippen LogP contribution in [0.4, 0.5) is 0 Å². The van der Waals surface area contributed by atoms with Gasteiger partial charge in [-0.2, -0.15) is 0 Å². The molecule has 7 heteroatoms. The minimum absolute atomic E-state index is 0.0977. The standard InChI is InChI=1S/C32H39Cl2N3O2/c1-39-31(38)15-5-14-30-25-10-7-17-35-16-6-8-22(32(25)35)18-36(30)19-23-20-37(29-13-3-2-9-24(23)29)21-26-27(33)11-4-12-28(26)34/h2-4,9,11-13,20,22,25,30,32H,5-8,10,14-19,21H2,1H3/t22-,25-,30-,32+/m1/s1. The van der Waals surface area contributed by atoms with Crippen molar-refractivity contribution in [1.82, 2.24) is 14.4 Å². The number of likely N-dealkylation sites (tertiary alicyclic amines) is 1. The first-order valence-electron chi connectivity index (χ1n) is 14.6. The molecule has 208 valence electrons. The van der Waals surface area contributed by atoms with E-state index in [-0.39, 0.29) is 5.97 Å². The molecule has 3 aromatic rings. The van der Waals surface area contributed by atoms with E-state index in [4.69, 9.17) is 27.9 Å². The Morgan fingerprint density at radius 1 is 1.00 bits per heavy atom.